The second-order valence-electron chi connectivity index (χ2n) is 5.01. The standard InChI is InChI=1S/C17H12ClNO2S2/c1-10-4-2-3-5-13(10)19-16(21)15(23-17(19)22)9-11-6-7-14(20)12(18)8-11/h2-9,20H,1H3/b15-9+. The van der Waals surface area contributed by atoms with Crippen molar-refractivity contribution in [3.8, 4) is 5.75 Å². The van der Waals surface area contributed by atoms with Gasteiger partial charge in [0.15, 0.2) is 4.32 Å². The molecule has 1 aliphatic rings. The van der Waals surface area contributed by atoms with Crippen molar-refractivity contribution in [3.05, 3.63) is 63.5 Å². The number of phenolic OH excluding ortho intramolecular Hbond substituents is 1. The summed E-state index contributed by atoms with van der Waals surface area (Å²) in [6.45, 7) is 1.94. The van der Waals surface area contributed by atoms with Crippen LogP contribution in [0, 0.1) is 6.92 Å². The van der Waals surface area contributed by atoms with E-state index in [9.17, 15) is 9.90 Å². The third-order valence-electron chi connectivity index (χ3n) is 3.42. The molecular formula is C17H12ClNO2S2. The fourth-order valence-corrected chi connectivity index (χ4v) is 3.73. The first kappa shape index (κ1) is 16.1. The predicted octanol–water partition coefficient (Wildman–Crippen LogP) is 4.76. The fraction of sp³-hybridized carbons (Fsp3) is 0.0588. The molecule has 1 amide bonds. The van der Waals surface area contributed by atoms with E-state index in [1.807, 2.05) is 31.2 Å². The number of thiocarbonyl (C=S) groups is 1. The number of rotatable bonds is 2. The number of aryl methyl sites for hydroxylation is 1. The van der Waals surface area contributed by atoms with Gasteiger partial charge in [-0.2, -0.15) is 0 Å². The minimum absolute atomic E-state index is 0.0104. The summed E-state index contributed by atoms with van der Waals surface area (Å²) in [5.41, 5.74) is 2.51. The summed E-state index contributed by atoms with van der Waals surface area (Å²) in [6.07, 6.45) is 1.73. The van der Waals surface area contributed by atoms with E-state index in [0.717, 1.165) is 16.8 Å². The van der Waals surface area contributed by atoms with E-state index in [-0.39, 0.29) is 16.7 Å². The first-order valence-electron chi connectivity index (χ1n) is 6.79. The van der Waals surface area contributed by atoms with Crippen LogP contribution in [0.25, 0.3) is 6.08 Å². The minimum atomic E-state index is -0.154. The number of anilines is 1. The molecule has 1 saturated heterocycles. The lowest BCUT2D eigenvalue weighted by molar-refractivity contribution is -0.113. The fourth-order valence-electron chi connectivity index (χ4n) is 2.25. The molecule has 3 rings (SSSR count). The molecule has 23 heavy (non-hydrogen) atoms. The Kier molecular flexibility index (Phi) is 4.43. The molecule has 6 heteroatoms. The Hall–Kier alpha value is -1.82. The Balaban J connectivity index is 1.96. The number of hydrogen-bond donors (Lipinski definition) is 1. The summed E-state index contributed by atoms with van der Waals surface area (Å²) in [7, 11) is 0. The van der Waals surface area contributed by atoms with Crippen molar-refractivity contribution in [3.63, 3.8) is 0 Å². The quantitative estimate of drug-likeness (QED) is 0.618. The first-order chi connectivity index (χ1) is 11.0. The Bertz CT molecular complexity index is 848. The number of thioether (sulfide) groups is 1. The molecule has 1 N–H and O–H groups in total. The number of hydrogen-bond acceptors (Lipinski definition) is 4. The number of halogens is 1. The van der Waals surface area contributed by atoms with Crippen LogP contribution in [-0.2, 0) is 4.79 Å². The van der Waals surface area contributed by atoms with Crippen molar-refractivity contribution >= 4 is 57.6 Å². The Morgan fingerprint density at radius 2 is 2.00 bits per heavy atom. The highest BCUT2D eigenvalue weighted by molar-refractivity contribution is 8.27. The van der Waals surface area contributed by atoms with Gasteiger partial charge in [0, 0.05) is 0 Å². The zero-order valence-corrected chi connectivity index (χ0v) is 14.5. The van der Waals surface area contributed by atoms with E-state index < -0.39 is 0 Å². The van der Waals surface area contributed by atoms with Gasteiger partial charge in [0.25, 0.3) is 5.91 Å². The van der Waals surface area contributed by atoms with Gasteiger partial charge in [-0.25, -0.2) is 0 Å². The van der Waals surface area contributed by atoms with Crippen LogP contribution < -0.4 is 4.90 Å². The lowest BCUT2D eigenvalue weighted by atomic mass is 10.1. The maximum atomic E-state index is 12.7. The number of nitrogens with zero attached hydrogens (tertiary/aromatic N) is 1. The van der Waals surface area contributed by atoms with Gasteiger partial charge in [-0.15, -0.1) is 0 Å². The monoisotopic (exact) mass is 361 g/mol. The van der Waals surface area contributed by atoms with E-state index in [2.05, 4.69) is 0 Å². The second-order valence-corrected chi connectivity index (χ2v) is 7.10. The van der Waals surface area contributed by atoms with Crippen molar-refractivity contribution in [1.29, 1.82) is 0 Å². The Morgan fingerprint density at radius 3 is 2.70 bits per heavy atom. The van der Waals surface area contributed by atoms with Crippen LogP contribution in [0.4, 0.5) is 5.69 Å². The molecule has 0 atom stereocenters. The van der Waals surface area contributed by atoms with Crippen LogP contribution in [-0.4, -0.2) is 15.3 Å². The molecule has 0 unspecified atom stereocenters. The van der Waals surface area contributed by atoms with Crippen molar-refractivity contribution in [1.82, 2.24) is 0 Å². The Morgan fingerprint density at radius 1 is 1.26 bits per heavy atom. The van der Waals surface area contributed by atoms with Gasteiger partial charge in [-0.3, -0.25) is 9.69 Å². The minimum Gasteiger partial charge on any atom is -0.506 e. The largest absolute Gasteiger partial charge is 0.506 e. The van der Waals surface area contributed by atoms with Crippen LogP contribution in [0.2, 0.25) is 5.02 Å². The topological polar surface area (TPSA) is 40.5 Å². The van der Waals surface area contributed by atoms with E-state index in [4.69, 9.17) is 23.8 Å². The molecule has 0 aliphatic carbocycles. The van der Waals surface area contributed by atoms with Gasteiger partial charge in [-0.1, -0.05) is 59.8 Å². The summed E-state index contributed by atoms with van der Waals surface area (Å²) in [5.74, 6) is -0.144. The van der Waals surface area contributed by atoms with E-state index in [0.29, 0.717) is 9.23 Å². The number of amides is 1. The van der Waals surface area contributed by atoms with Crippen LogP contribution in [0.5, 0.6) is 5.75 Å². The third-order valence-corrected chi connectivity index (χ3v) is 5.02. The normalized spacial score (nSPS) is 16.4. The van der Waals surface area contributed by atoms with Gasteiger partial charge in [0.05, 0.1) is 15.6 Å². The summed E-state index contributed by atoms with van der Waals surface area (Å²) < 4.78 is 0.500. The maximum absolute atomic E-state index is 12.7. The van der Waals surface area contributed by atoms with Gasteiger partial charge < -0.3 is 5.11 Å². The molecule has 1 heterocycles. The van der Waals surface area contributed by atoms with Gasteiger partial charge >= 0.3 is 0 Å². The van der Waals surface area contributed by atoms with Gasteiger partial charge in [0.2, 0.25) is 0 Å². The number of phenols is 1. The van der Waals surface area contributed by atoms with E-state index in [1.54, 1.807) is 23.1 Å². The van der Waals surface area contributed by atoms with Crippen molar-refractivity contribution in [2.75, 3.05) is 4.90 Å². The number of para-hydroxylation sites is 1. The number of carbonyl (C=O) groups is 1. The molecule has 2 aromatic carbocycles. The van der Waals surface area contributed by atoms with Crippen LogP contribution in [0.3, 0.4) is 0 Å². The molecule has 1 aliphatic heterocycles. The molecule has 2 aromatic rings. The van der Waals surface area contributed by atoms with Crippen LogP contribution in [0.1, 0.15) is 11.1 Å². The van der Waals surface area contributed by atoms with Crippen molar-refractivity contribution in [2.24, 2.45) is 0 Å². The predicted molar refractivity (Wildman–Crippen MR) is 99.9 cm³/mol. The van der Waals surface area contributed by atoms with E-state index in [1.165, 1.54) is 17.8 Å². The number of aromatic hydroxyl groups is 1. The van der Waals surface area contributed by atoms with Crippen LogP contribution in [0.15, 0.2) is 47.4 Å². The average molecular weight is 362 g/mol. The Labute approximate surface area is 148 Å². The number of benzene rings is 2. The lowest BCUT2D eigenvalue weighted by Crippen LogP contribution is -2.28. The smallest absolute Gasteiger partial charge is 0.270 e. The molecule has 0 bridgehead atoms. The highest BCUT2D eigenvalue weighted by atomic mass is 35.5. The second kappa shape index (κ2) is 6.35. The molecule has 1 fully saturated rings. The molecule has 116 valence electrons. The van der Waals surface area contributed by atoms with E-state index >= 15 is 0 Å². The molecule has 0 radical (unpaired) electrons. The lowest BCUT2D eigenvalue weighted by Gasteiger charge is -2.16. The summed E-state index contributed by atoms with van der Waals surface area (Å²) in [6, 6.07) is 12.4. The third kappa shape index (κ3) is 3.13. The van der Waals surface area contributed by atoms with Gasteiger partial charge in [-0.05, 0) is 42.3 Å². The highest BCUT2D eigenvalue weighted by Gasteiger charge is 2.33. The van der Waals surface area contributed by atoms with Crippen molar-refractivity contribution in [2.45, 2.75) is 6.92 Å². The molecule has 0 aromatic heterocycles. The molecule has 0 spiro atoms. The first-order valence-corrected chi connectivity index (χ1v) is 8.40. The van der Waals surface area contributed by atoms with Crippen molar-refractivity contribution < 1.29 is 9.90 Å². The zero-order valence-electron chi connectivity index (χ0n) is 12.1. The summed E-state index contributed by atoms with van der Waals surface area (Å²) in [5, 5.41) is 9.71. The summed E-state index contributed by atoms with van der Waals surface area (Å²) in [4.78, 5) is 14.8. The average Bonchev–Trinajstić information content (AvgIpc) is 2.78. The molecule has 3 nitrogen and oxygen atoms in total. The SMILES string of the molecule is Cc1ccccc1N1C(=O)/C(=C\c2ccc(O)c(Cl)c2)SC1=S. The maximum Gasteiger partial charge on any atom is 0.270 e. The van der Waals surface area contributed by atoms with Crippen LogP contribution >= 0.6 is 35.6 Å². The summed E-state index contributed by atoms with van der Waals surface area (Å²) >= 11 is 12.5. The molecule has 0 saturated carbocycles. The van der Waals surface area contributed by atoms with Gasteiger partial charge in [0.1, 0.15) is 5.75 Å². The zero-order chi connectivity index (χ0) is 16.6. The highest BCUT2D eigenvalue weighted by Crippen LogP contribution is 2.37. The molecular weight excluding hydrogens is 350 g/mol. The number of carbonyl (C=O) groups excluding carboxylic acids is 1.